The van der Waals surface area contributed by atoms with E-state index in [0.29, 0.717) is 18.0 Å². The summed E-state index contributed by atoms with van der Waals surface area (Å²) in [6.07, 6.45) is 4.18. The number of ether oxygens (including phenoxy) is 1. The van der Waals surface area contributed by atoms with Gasteiger partial charge in [0.05, 0.1) is 12.4 Å². The summed E-state index contributed by atoms with van der Waals surface area (Å²) in [4.78, 5) is 39.7. The first-order valence-electron chi connectivity index (χ1n) is 8.85. The van der Waals surface area contributed by atoms with Gasteiger partial charge >= 0.3 is 11.7 Å². The Morgan fingerprint density at radius 2 is 2.12 bits per heavy atom. The normalized spacial score (nSPS) is 13.2. The van der Waals surface area contributed by atoms with Crippen LogP contribution in [0, 0.1) is 0 Å². The van der Waals surface area contributed by atoms with Crippen LogP contribution in [-0.2, 0) is 33.7 Å². The van der Waals surface area contributed by atoms with Crippen molar-refractivity contribution >= 4 is 23.6 Å². The molecule has 2 rings (SSSR count). The zero-order valence-electron chi connectivity index (χ0n) is 15.0. The molecule has 0 aromatic carbocycles. The van der Waals surface area contributed by atoms with Crippen molar-refractivity contribution in [1.82, 2.24) is 14.9 Å². The van der Waals surface area contributed by atoms with Crippen molar-refractivity contribution in [3.05, 3.63) is 21.7 Å². The highest BCUT2D eigenvalue weighted by atomic mass is 32.2. The van der Waals surface area contributed by atoms with E-state index in [1.165, 1.54) is 11.8 Å². The fraction of sp³-hybridized carbons (Fsp3) is 0.647. The number of nitrogens with zero attached hydrogens (tertiary/aromatic N) is 2. The van der Waals surface area contributed by atoms with Gasteiger partial charge in [0.2, 0.25) is 5.91 Å². The smallest absolute Gasteiger partial charge is 0.348 e. The average Bonchev–Trinajstić information content (AvgIpc) is 2.64. The van der Waals surface area contributed by atoms with Crippen molar-refractivity contribution < 1.29 is 19.4 Å². The summed E-state index contributed by atoms with van der Waals surface area (Å²) in [7, 11) is 0. The van der Waals surface area contributed by atoms with Gasteiger partial charge in [-0.1, -0.05) is 11.8 Å². The predicted octanol–water partition coefficient (Wildman–Crippen LogP) is 0.276. The summed E-state index contributed by atoms with van der Waals surface area (Å²) in [6.45, 7) is 2.29. The number of nitrogens with one attached hydrogen (secondary N) is 1. The highest BCUT2D eigenvalue weighted by Gasteiger charge is 2.21. The number of carbonyl (C=O) groups is 2. The van der Waals surface area contributed by atoms with Crippen LogP contribution in [-0.4, -0.2) is 52.0 Å². The number of amides is 1. The molecule has 0 saturated heterocycles. The Morgan fingerprint density at radius 3 is 2.85 bits per heavy atom. The lowest BCUT2D eigenvalue weighted by Crippen LogP contribution is -2.33. The van der Waals surface area contributed by atoms with E-state index in [-0.39, 0.29) is 37.1 Å². The summed E-state index contributed by atoms with van der Waals surface area (Å²) in [5.41, 5.74) is 1.66. The molecular weight excluding hydrogens is 358 g/mol. The summed E-state index contributed by atoms with van der Waals surface area (Å²) < 4.78 is 6.40. The zero-order valence-corrected chi connectivity index (χ0v) is 15.8. The topological polar surface area (TPSA) is 111 Å². The Kier molecular flexibility index (Phi) is 8.11. The second kappa shape index (κ2) is 10.3. The van der Waals surface area contributed by atoms with E-state index in [9.17, 15) is 14.4 Å². The van der Waals surface area contributed by atoms with Crippen LogP contribution in [0.5, 0.6) is 0 Å². The monoisotopic (exact) mass is 383 g/mol. The molecule has 0 bridgehead atoms. The van der Waals surface area contributed by atoms with Gasteiger partial charge in [-0.05, 0) is 39.0 Å². The number of aliphatic hydroxyl groups excluding tert-OH is 1. The van der Waals surface area contributed by atoms with E-state index in [1.807, 2.05) is 0 Å². The number of fused-ring (bicyclic) bond motifs is 1. The second-order valence-electron chi connectivity index (χ2n) is 5.93. The molecule has 0 spiro atoms. The predicted molar refractivity (Wildman–Crippen MR) is 97.2 cm³/mol. The minimum absolute atomic E-state index is 0.0261. The lowest BCUT2D eigenvalue weighted by Gasteiger charge is -2.22. The van der Waals surface area contributed by atoms with E-state index >= 15 is 0 Å². The molecule has 1 aromatic rings. The van der Waals surface area contributed by atoms with Gasteiger partial charge in [0.25, 0.3) is 0 Å². The van der Waals surface area contributed by atoms with Crippen LogP contribution in [0.3, 0.4) is 0 Å². The molecular formula is C17H25N3O5S. The highest BCUT2D eigenvalue weighted by molar-refractivity contribution is 7.99. The van der Waals surface area contributed by atoms with Crippen molar-refractivity contribution in [2.24, 2.45) is 0 Å². The van der Waals surface area contributed by atoms with Crippen LogP contribution >= 0.6 is 11.8 Å². The molecule has 0 saturated carbocycles. The molecule has 2 N–H and O–H groups in total. The van der Waals surface area contributed by atoms with Crippen LogP contribution in [0.25, 0.3) is 0 Å². The first-order chi connectivity index (χ1) is 12.6. The third-order valence-corrected chi connectivity index (χ3v) is 5.08. The number of esters is 1. The number of aliphatic hydroxyl groups is 1. The van der Waals surface area contributed by atoms with E-state index in [1.54, 1.807) is 11.5 Å². The molecule has 0 radical (unpaired) electrons. The van der Waals surface area contributed by atoms with Crippen molar-refractivity contribution in [1.29, 1.82) is 0 Å². The maximum absolute atomic E-state index is 12.3. The lowest BCUT2D eigenvalue weighted by molar-refractivity contribution is -0.143. The van der Waals surface area contributed by atoms with E-state index in [0.717, 1.165) is 36.9 Å². The molecule has 1 aliphatic rings. The number of hydrogen-bond acceptors (Lipinski definition) is 7. The summed E-state index contributed by atoms with van der Waals surface area (Å²) in [5, 5.41) is 12.1. The molecule has 9 heteroatoms. The van der Waals surface area contributed by atoms with Crippen LogP contribution in [0.15, 0.2) is 9.82 Å². The van der Waals surface area contributed by atoms with Crippen molar-refractivity contribution in [3.63, 3.8) is 0 Å². The van der Waals surface area contributed by atoms with Crippen molar-refractivity contribution in [2.75, 3.05) is 25.5 Å². The Labute approximate surface area is 156 Å². The summed E-state index contributed by atoms with van der Waals surface area (Å²) in [5.74, 6) is -0.703. The van der Waals surface area contributed by atoms with E-state index in [2.05, 4.69) is 10.3 Å². The number of aromatic nitrogens is 2. The molecule has 1 aromatic heterocycles. The van der Waals surface area contributed by atoms with Crippen molar-refractivity contribution in [3.8, 4) is 0 Å². The van der Waals surface area contributed by atoms with Crippen LogP contribution < -0.4 is 11.0 Å². The highest BCUT2D eigenvalue weighted by Crippen LogP contribution is 2.28. The number of hydrogen-bond donors (Lipinski definition) is 2. The Morgan fingerprint density at radius 1 is 1.35 bits per heavy atom. The number of carbonyl (C=O) groups excluding carboxylic acids is 2. The Hall–Kier alpha value is -1.87. The lowest BCUT2D eigenvalue weighted by atomic mass is 9.97. The first kappa shape index (κ1) is 20.4. The largest absolute Gasteiger partial charge is 0.465 e. The van der Waals surface area contributed by atoms with Gasteiger partial charge in [0.1, 0.15) is 11.6 Å². The van der Waals surface area contributed by atoms with Gasteiger partial charge in [0, 0.05) is 24.4 Å². The van der Waals surface area contributed by atoms with Crippen LogP contribution in [0.2, 0.25) is 0 Å². The molecule has 8 nitrogen and oxygen atoms in total. The maximum Gasteiger partial charge on any atom is 0.348 e. The standard InChI is InChI=1S/C17H25N3O5S/c1-2-25-15(23)10-18-14(22)11-26-16-12-6-3-4-7-13(12)20(8-5-9-21)17(24)19-16/h21H,2-11H2,1H3,(H,18,22). The van der Waals surface area contributed by atoms with Crippen LogP contribution in [0.4, 0.5) is 0 Å². The minimum Gasteiger partial charge on any atom is -0.465 e. The summed E-state index contributed by atoms with van der Waals surface area (Å²) in [6, 6.07) is 0. The van der Waals surface area contributed by atoms with E-state index < -0.39 is 5.97 Å². The molecule has 0 fully saturated rings. The SMILES string of the molecule is CCOC(=O)CNC(=O)CSc1nc(=O)n(CCCO)c2c1CCCC2. The van der Waals surface area contributed by atoms with Gasteiger partial charge in [0.15, 0.2) is 0 Å². The first-order valence-corrected chi connectivity index (χ1v) is 9.84. The second-order valence-corrected chi connectivity index (χ2v) is 6.90. The van der Waals surface area contributed by atoms with Gasteiger partial charge < -0.3 is 15.2 Å². The number of thioether (sulfide) groups is 1. The van der Waals surface area contributed by atoms with Crippen LogP contribution in [0.1, 0.15) is 37.4 Å². The molecule has 1 amide bonds. The number of rotatable bonds is 9. The molecule has 1 heterocycles. The quantitative estimate of drug-likeness (QED) is 0.358. The van der Waals surface area contributed by atoms with Crippen molar-refractivity contribution in [2.45, 2.75) is 50.6 Å². The fourth-order valence-electron chi connectivity index (χ4n) is 2.89. The molecule has 1 aliphatic carbocycles. The molecule has 0 aliphatic heterocycles. The van der Waals surface area contributed by atoms with Gasteiger partial charge in [-0.2, -0.15) is 4.98 Å². The third-order valence-electron chi connectivity index (χ3n) is 4.07. The average molecular weight is 383 g/mol. The minimum atomic E-state index is -0.479. The van der Waals surface area contributed by atoms with Gasteiger partial charge in [-0.3, -0.25) is 14.2 Å². The summed E-state index contributed by atoms with van der Waals surface area (Å²) >= 11 is 1.22. The third kappa shape index (κ3) is 5.57. The molecule has 0 atom stereocenters. The van der Waals surface area contributed by atoms with E-state index in [4.69, 9.17) is 9.84 Å². The Bertz CT molecular complexity index is 704. The molecule has 0 unspecified atom stereocenters. The maximum atomic E-state index is 12.3. The van der Waals surface area contributed by atoms with Gasteiger partial charge in [-0.25, -0.2) is 4.79 Å². The molecule has 26 heavy (non-hydrogen) atoms. The zero-order chi connectivity index (χ0) is 18.9. The Balaban J connectivity index is 2.05. The molecule has 144 valence electrons. The fourth-order valence-corrected chi connectivity index (χ4v) is 3.80. The van der Waals surface area contributed by atoms with Gasteiger partial charge in [-0.15, -0.1) is 0 Å².